The molecule has 0 saturated carbocycles. The van der Waals surface area contributed by atoms with Crippen LogP contribution in [0.15, 0.2) is 24.3 Å². The topological polar surface area (TPSA) is 55.4 Å². The van der Waals surface area contributed by atoms with E-state index in [0.717, 1.165) is 11.3 Å². The molecule has 0 aliphatic rings. The number of benzene rings is 1. The molecule has 1 N–H and O–H groups in total. The molecule has 5 heteroatoms. The van der Waals surface area contributed by atoms with Gasteiger partial charge in [0, 0.05) is 18.8 Å². The van der Waals surface area contributed by atoms with E-state index in [-0.39, 0.29) is 11.8 Å². The lowest BCUT2D eigenvalue weighted by molar-refractivity contribution is 0.414. The molecule has 0 aliphatic heterocycles. The lowest BCUT2D eigenvalue weighted by atomic mass is 10.2. The Bertz CT molecular complexity index is 439. The third kappa shape index (κ3) is 5.70. The van der Waals surface area contributed by atoms with Crippen LogP contribution in [-0.2, 0) is 16.4 Å². The van der Waals surface area contributed by atoms with E-state index in [2.05, 4.69) is 5.32 Å². The molecular weight excluding hydrogens is 238 g/mol. The Balaban J connectivity index is 2.44. The molecule has 0 amide bonds. The standard InChI is InChI=1S/C12H19NO3S/c1-10(9-17(3,14)15)13-8-11-4-6-12(16-2)7-5-11/h4-7,10,13H,8-9H2,1-3H3/t10-/m0/s1. The van der Waals surface area contributed by atoms with Gasteiger partial charge in [0.25, 0.3) is 0 Å². The number of methoxy groups -OCH3 is 1. The second-order valence-electron chi connectivity index (χ2n) is 4.22. The third-order valence-electron chi connectivity index (χ3n) is 2.37. The van der Waals surface area contributed by atoms with Crippen LogP contribution in [-0.4, -0.2) is 33.6 Å². The zero-order chi connectivity index (χ0) is 12.9. The van der Waals surface area contributed by atoms with Crippen molar-refractivity contribution in [3.05, 3.63) is 29.8 Å². The van der Waals surface area contributed by atoms with Crippen molar-refractivity contribution in [1.29, 1.82) is 0 Å². The molecule has 0 aromatic heterocycles. The smallest absolute Gasteiger partial charge is 0.148 e. The van der Waals surface area contributed by atoms with Crippen LogP contribution in [0.4, 0.5) is 0 Å². The first-order valence-electron chi connectivity index (χ1n) is 5.45. The fourth-order valence-corrected chi connectivity index (χ4v) is 2.57. The van der Waals surface area contributed by atoms with Gasteiger partial charge in [-0.2, -0.15) is 0 Å². The van der Waals surface area contributed by atoms with Crippen molar-refractivity contribution in [3.63, 3.8) is 0 Å². The van der Waals surface area contributed by atoms with Crippen LogP contribution in [0.1, 0.15) is 12.5 Å². The van der Waals surface area contributed by atoms with Crippen LogP contribution < -0.4 is 10.1 Å². The highest BCUT2D eigenvalue weighted by Crippen LogP contribution is 2.11. The van der Waals surface area contributed by atoms with Gasteiger partial charge in [-0.15, -0.1) is 0 Å². The maximum atomic E-state index is 11.1. The van der Waals surface area contributed by atoms with E-state index >= 15 is 0 Å². The Labute approximate surface area is 103 Å². The summed E-state index contributed by atoms with van der Waals surface area (Å²) in [5.41, 5.74) is 1.10. The Morgan fingerprint density at radius 1 is 1.29 bits per heavy atom. The highest BCUT2D eigenvalue weighted by atomic mass is 32.2. The molecule has 0 spiro atoms. The summed E-state index contributed by atoms with van der Waals surface area (Å²) in [6, 6.07) is 7.64. The highest BCUT2D eigenvalue weighted by Gasteiger charge is 2.09. The summed E-state index contributed by atoms with van der Waals surface area (Å²) < 4.78 is 27.2. The van der Waals surface area contributed by atoms with Crippen LogP contribution in [0.2, 0.25) is 0 Å². The first-order valence-corrected chi connectivity index (χ1v) is 7.51. The summed E-state index contributed by atoms with van der Waals surface area (Å²) in [6.07, 6.45) is 1.25. The molecular formula is C12H19NO3S. The number of hydrogen-bond acceptors (Lipinski definition) is 4. The number of rotatable bonds is 6. The van der Waals surface area contributed by atoms with E-state index in [9.17, 15) is 8.42 Å². The largest absolute Gasteiger partial charge is 0.497 e. The zero-order valence-electron chi connectivity index (χ0n) is 10.4. The Hall–Kier alpha value is -1.07. The Morgan fingerprint density at radius 3 is 2.35 bits per heavy atom. The predicted octanol–water partition coefficient (Wildman–Crippen LogP) is 1.22. The lowest BCUT2D eigenvalue weighted by Crippen LogP contribution is -2.32. The van der Waals surface area contributed by atoms with Gasteiger partial charge in [0.2, 0.25) is 0 Å². The molecule has 0 heterocycles. The Kier molecular flexibility index (Phi) is 4.96. The van der Waals surface area contributed by atoms with Gasteiger partial charge in [0.15, 0.2) is 0 Å². The van der Waals surface area contributed by atoms with Gasteiger partial charge in [0.1, 0.15) is 15.6 Å². The third-order valence-corrected chi connectivity index (χ3v) is 3.47. The van der Waals surface area contributed by atoms with Gasteiger partial charge in [-0.25, -0.2) is 8.42 Å². The maximum Gasteiger partial charge on any atom is 0.148 e. The molecule has 17 heavy (non-hydrogen) atoms. The minimum atomic E-state index is -2.92. The van der Waals surface area contributed by atoms with Gasteiger partial charge >= 0.3 is 0 Å². The van der Waals surface area contributed by atoms with Crippen molar-refractivity contribution in [2.75, 3.05) is 19.1 Å². The molecule has 0 bridgehead atoms. The second-order valence-corrected chi connectivity index (χ2v) is 6.41. The Morgan fingerprint density at radius 2 is 1.88 bits per heavy atom. The fourth-order valence-electron chi connectivity index (χ4n) is 1.55. The summed E-state index contributed by atoms with van der Waals surface area (Å²) in [7, 11) is -1.29. The zero-order valence-corrected chi connectivity index (χ0v) is 11.3. The minimum absolute atomic E-state index is 0.0490. The first-order chi connectivity index (χ1) is 7.90. The monoisotopic (exact) mass is 257 g/mol. The van der Waals surface area contributed by atoms with Gasteiger partial charge in [-0.3, -0.25) is 0 Å². The van der Waals surface area contributed by atoms with E-state index in [1.54, 1.807) is 7.11 Å². The van der Waals surface area contributed by atoms with Crippen molar-refractivity contribution in [3.8, 4) is 5.75 Å². The quantitative estimate of drug-likeness (QED) is 0.832. The fraction of sp³-hybridized carbons (Fsp3) is 0.500. The normalized spacial score (nSPS) is 13.4. The summed E-state index contributed by atoms with van der Waals surface area (Å²) in [6.45, 7) is 2.52. The molecule has 0 aliphatic carbocycles. The summed E-state index contributed by atoms with van der Waals surface area (Å²) in [4.78, 5) is 0. The number of ether oxygens (including phenoxy) is 1. The molecule has 0 fully saturated rings. The minimum Gasteiger partial charge on any atom is -0.497 e. The van der Waals surface area contributed by atoms with Crippen molar-refractivity contribution in [1.82, 2.24) is 5.32 Å². The second kappa shape index (κ2) is 6.02. The first kappa shape index (κ1) is 14.0. The van der Waals surface area contributed by atoms with Crippen LogP contribution >= 0.6 is 0 Å². The molecule has 1 atom stereocenters. The molecule has 1 aromatic carbocycles. The summed E-state index contributed by atoms with van der Waals surface area (Å²) in [5, 5.41) is 3.17. The molecule has 0 unspecified atom stereocenters. The SMILES string of the molecule is COc1ccc(CN[C@@H](C)CS(C)(=O)=O)cc1. The molecule has 4 nitrogen and oxygen atoms in total. The highest BCUT2D eigenvalue weighted by molar-refractivity contribution is 7.90. The van der Waals surface area contributed by atoms with Gasteiger partial charge in [0.05, 0.1) is 12.9 Å². The van der Waals surface area contributed by atoms with Gasteiger partial charge in [-0.05, 0) is 24.6 Å². The van der Waals surface area contributed by atoms with Gasteiger partial charge in [-0.1, -0.05) is 12.1 Å². The van der Waals surface area contributed by atoms with E-state index in [0.29, 0.717) is 6.54 Å². The van der Waals surface area contributed by atoms with Crippen LogP contribution in [0.25, 0.3) is 0 Å². The molecule has 0 radical (unpaired) electrons. The predicted molar refractivity (Wildman–Crippen MR) is 69.0 cm³/mol. The van der Waals surface area contributed by atoms with E-state index in [1.807, 2.05) is 31.2 Å². The van der Waals surface area contributed by atoms with E-state index < -0.39 is 9.84 Å². The number of hydrogen-bond donors (Lipinski definition) is 1. The molecule has 0 saturated heterocycles. The summed E-state index contributed by atoms with van der Waals surface area (Å²) >= 11 is 0. The van der Waals surface area contributed by atoms with Crippen molar-refractivity contribution in [2.45, 2.75) is 19.5 Å². The average Bonchev–Trinajstić information content (AvgIpc) is 2.25. The number of nitrogens with one attached hydrogen (secondary N) is 1. The molecule has 1 rings (SSSR count). The van der Waals surface area contributed by atoms with E-state index in [4.69, 9.17) is 4.74 Å². The average molecular weight is 257 g/mol. The maximum absolute atomic E-state index is 11.1. The van der Waals surface area contributed by atoms with Crippen molar-refractivity contribution in [2.24, 2.45) is 0 Å². The van der Waals surface area contributed by atoms with Crippen LogP contribution in [0.5, 0.6) is 5.75 Å². The molecule has 1 aromatic rings. The van der Waals surface area contributed by atoms with Crippen LogP contribution in [0, 0.1) is 0 Å². The van der Waals surface area contributed by atoms with Gasteiger partial charge < -0.3 is 10.1 Å². The lowest BCUT2D eigenvalue weighted by Gasteiger charge is -2.12. The van der Waals surface area contributed by atoms with Crippen LogP contribution in [0.3, 0.4) is 0 Å². The van der Waals surface area contributed by atoms with E-state index in [1.165, 1.54) is 6.26 Å². The summed E-state index contributed by atoms with van der Waals surface area (Å²) in [5.74, 6) is 0.973. The molecule has 96 valence electrons. The van der Waals surface area contributed by atoms with Crippen molar-refractivity contribution >= 4 is 9.84 Å². The van der Waals surface area contributed by atoms with Crippen molar-refractivity contribution < 1.29 is 13.2 Å². The number of sulfone groups is 1.